The van der Waals surface area contributed by atoms with Crippen molar-refractivity contribution in [3.05, 3.63) is 211 Å². The molecule has 4 nitrogen and oxygen atoms in total. The Morgan fingerprint density at radius 2 is 1.23 bits per heavy atom. The van der Waals surface area contributed by atoms with Gasteiger partial charge in [-0.25, -0.2) is 4.98 Å². The van der Waals surface area contributed by atoms with Crippen LogP contribution >= 0.6 is 0 Å². The van der Waals surface area contributed by atoms with Crippen LogP contribution in [0, 0.1) is 18.8 Å². The quantitative estimate of drug-likeness (QED) is 0.149. The number of hydrogen-bond donors (Lipinski definition) is 0. The summed E-state index contributed by atoms with van der Waals surface area (Å²) in [6.07, 6.45) is 1.63. The van der Waals surface area contributed by atoms with E-state index in [1.54, 1.807) is 69.7 Å². The van der Waals surface area contributed by atoms with Crippen molar-refractivity contribution in [3.8, 4) is 28.1 Å². The second-order valence-corrected chi connectivity index (χ2v) is 15.8. The van der Waals surface area contributed by atoms with Crippen molar-refractivity contribution in [1.29, 1.82) is 0 Å². The maximum absolute atomic E-state index is 9.58. The molecule has 1 aliphatic rings. The Balaban J connectivity index is 0.00000706. The summed E-state index contributed by atoms with van der Waals surface area (Å²) in [6.45, 7) is 11.5. The molecule has 0 unspecified atom stereocenters. The third-order valence-corrected chi connectivity index (χ3v) is 10.8. The van der Waals surface area contributed by atoms with E-state index in [2.05, 4.69) is 17.1 Å². The van der Waals surface area contributed by atoms with Crippen molar-refractivity contribution in [2.45, 2.75) is 45.4 Å². The van der Waals surface area contributed by atoms with Crippen molar-refractivity contribution in [3.63, 3.8) is 0 Å². The molecule has 0 fully saturated rings. The minimum atomic E-state index is -1.14. The molecular formula is C55H45N4Pt-3. The van der Waals surface area contributed by atoms with E-state index >= 15 is 0 Å². The van der Waals surface area contributed by atoms with Crippen molar-refractivity contribution in [2.75, 3.05) is 9.80 Å². The molecule has 0 saturated carbocycles. The Kier molecular flexibility index (Phi) is 6.37. The number of para-hydroxylation sites is 4. The van der Waals surface area contributed by atoms with Gasteiger partial charge in [0.25, 0.3) is 0 Å². The van der Waals surface area contributed by atoms with Gasteiger partial charge in [0.2, 0.25) is 0 Å². The minimum absolute atomic E-state index is 0. The van der Waals surface area contributed by atoms with Crippen LogP contribution < -0.4 is 9.80 Å². The first-order valence-corrected chi connectivity index (χ1v) is 19.1. The van der Waals surface area contributed by atoms with E-state index in [-0.39, 0.29) is 106 Å². The first-order valence-electron chi connectivity index (χ1n) is 27.1. The standard InChI is InChI=1S/C55H45N4.Pt/c1-54(2,3)40-32-33-56-52(36-40)59-48-27-13-12-24-46(48)47-31-30-42(35-51(47)59)55(4,5)41-22-16-23-43(34-41)57-37-58(50-29-15-14-28-49(50)57)53-44(38-18-8-6-9-19-38)25-17-26-45(53)39-20-10-7-11-21-39;/h6-33,36-37H,1-5H3;/q-3;/i6D,7D,8D,9D,10D,11D,12D,13D,18D,19D,20D,21D,24D,27D,30D,31D;. The summed E-state index contributed by atoms with van der Waals surface area (Å²) in [5, 5.41) is 0.194. The molecular weight excluding hydrogens is 912 g/mol. The number of hydrogen-bond acceptors (Lipinski definition) is 3. The summed E-state index contributed by atoms with van der Waals surface area (Å²) in [4.78, 5) is 8.18. The summed E-state index contributed by atoms with van der Waals surface area (Å²) in [7, 11) is 0. The van der Waals surface area contributed by atoms with Gasteiger partial charge in [0.05, 0.1) is 19.2 Å². The Morgan fingerprint density at radius 3 is 1.92 bits per heavy atom. The van der Waals surface area contributed by atoms with Crippen molar-refractivity contribution >= 4 is 44.6 Å². The maximum Gasteiger partial charge on any atom is 0.135 e. The largest absolute Gasteiger partial charge is 0.493 e. The van der Waals surface area contributed by atoms with Crippen molar-refractivity contribution < 1.29 is 43.0 Å². The fraction of sp³-hybridized carbons (Fsp3) is 0.127. The number of pyridine rings is 1. The van der Waals surface area contributed by atoms with Crippen LogP contribution in [0.3, 0.4) is 0 Å². The normalized spacial score (nSPS) is 16.6. The first-order chi connectivity index (χ1) is 35.3. The van der Waals surface area contributed by atoms with E-state index < -0.39 is 77.9 Å². The molecule has 0 spiro atoms. The van der Waals surface area contributed by atoms with E-state index in [4.69, 9.17) is 19.2 Å². The number of rotatable bonds is 7. The molecule has 0 atom stereocenters. The second kappa shape index (κ2) is 15.4. The van der Waals surface area contributed by atoms with Gasteiger partial charge in [-0.3, -0.25) is 0 Å². The Labute approximate surface area is 390 Å². The topological polar surface area (TPSA) is 24.3 Å². The van der Waals surface area contributed by atoms with Crippen LogP contribution in [-0.4, -0.2) is 9.55 Å². The summed E-state index contributed by atoms with van der Waals surface area (Å²) >= 11 is 0. The van der Waals surface area contributed by atoms with Gasteiger partial charge in [-0.2, -0.15) is 53.5 Å². The van der Waals surface area contributed by atoms with Crippen LogP contribution in [0.25, 0.3) is 49.9 Å². The summed E-state index contributed by atoms with van der Waals surface area (Å²) in [5.41, 5.74) is 2.20. The van der Waals surface area contributed by atoms with Crippen LogP contribution in [0.15, 0.2) is 176 Å². The number of nitrogens with zero attached hydrogens (tertiary/aromatic N) is 4. The summed E-state index contributed by atoms with van der Waals surface area (Å²) in [6, 6.07) is 20.3. The fourth-order valence-electron chi connectivity index (χ4n) is 7.61. The molecule has 7 aromatic carbocycles. The third kappa shape index (κ3) is 6.74. The van der Waals surface area contributed by atoms with Crippen LogP contribution in [-0.2, 0) is 31.9 Å². The van der Waals surface area contributed by atoms with Gasteiger partial charge in [-0.05, 0) is 64.6 Å². The molecule has 60 heavy (non-hydrogen) atoms. The van der Waals surface area contributed by atoms with Gasteiger partial charge in [0.1, 0.15) is 5.82 Å². The average molecular weight is 973 g/mol. The first kappa shape index (κ1) is 24.8. The van der Waals surface area contributed by atoms with E-state index in [0.717, 1.165) is 5.56 Å². The summed E-state index contributed by atoms with van der Waals surface area (Å²) < 4.78 is 143. The number of anilines is 4. The zero-order valence-corrected chi connectivity index (χ0v) is 35.5. The number of benzene rings is 7. The van der Waals surface area contributed by atoms with E-state index in [0.29, 0.717) is 28.4 Å². The third-order valence-electron chi connectivity index (χ3n) is 10.8. The number of aromatic nitrogens is 2. The molecule has 1 aliphatic heterocycles. The molecule has 0 bridgehead atoms. The Bertz CT molecular complexity index is 3800. The zero-order chi connectivity index (χ0) is 54.2. The molecule has 0 saturated heterocycles. The van der Waals surface area contributed by atoms with Crippen LogP contribution in [0.1, 0.15) is 73.2 Å². The zero-order valence-electron chi connectivity index (χ0n) is 49.2. The molecule has 10 rings (SSSR count). The van der Waals surface area contributed by atoms with Gasteiger partial charge < -0.3 is 14.4 Å². The molecule has 0 radical (unpaired) electrons. The van der Waals surface area contributed by atoms with Crippen molar-refractivity contribution in [1.82, 2.24) is 9.55 Å². The SMILES string of the molecule is [2H]c1c([2H])c([2H])c(-c2cccc(-c3c([2H])c([2H])c([2H])c([2H])c3[2H])c2N2[CH-]N(c3[c-]c(C(C)(C)c4[c-]c5c(c([2H])c4[2H])c4c([2H])c([2H])c([2H])c([2H])c4n5-c4cc(C(C)(C)C)ccn4)ccc3)c3ccccc32)c([2H])c1[2H].[Pt]. The molecule has 9 aromatic rings. The van der Waals surface area contributed by atoms with Gasteiger partial charge in [-0.15, -0.1) is 17.7 Å². The van der Waals surface area contributed by atoms with Gasteiger partial charge in [0, 0.05) is 62.3 Å². The summed E-state index contributed by atoms with van der Waals surface area (Å²) in [5.74, 6) is 0.341. The van der Waals surface area contributed by atoms with E-state index in [9.17, 15) is 2.74 Å². The van der Waals surface area contributed by atoms with E-state index in [1.165, 1.54) is 0 Å². The van der Waals surface area contributed by atoms with Gasteiger partial charge in [-0.1, -0.05) is 149 Å². The minimum Gasteiger partial charge on any atom is -0.493 e. The maximum atomic E-state index is 9.58. The number of fused-ring (bicyclic) bond motifs is 4. The molecule has 0 aliphatic carbocycles. The molecule has 5 heteroatoms. The average Bonchev–Trinajstić information content (AvgIpc) is 3.96. The van der Waals surface area contributed by atoms with Crippen LogP contribution in [0.2, 0.25) is 0 Å². The molecule has 0 amide bonds. The fourth-order valence-corrected chi connectivity index (χ4v) is 7.61. The van der Waals surface area contributed by atoms with Crippen LogP contribution in [0.4, 0.5) is 22.7 Å². The van der Waals surface area contributed by atoms with Gasteiger partial charge >= 0.3 is 0 Å². The van der Waals surface area contributed by atoms with Gasteiger partial charge in [0.15, 0.2) is 0 Å². The molecule has 2 aromatic heterocycles. The molecule has 3 heterocycles. The van der Waals surface area contributed by atoms with Crippen molar-refractivity contribution in [2.24, 2.45) is 0 Å². The Morgan fingerprint density at radius 1 is 0.600 bits per heavy atom. The second-order valence-electron chi connectivity index (χ2n) is 15.8. The monoisotopic (exact) mass is 972 g/mol. The Hall–Kier alpha value is -6.22. The predicted molar refractivity (Wildman–Crippen MR) is 246 cm³/mol. The molecule has 0 N–H and O–H groups in total. The van der Waals surface area contributed by atoms with E-state index in [1.807, 2.05) is 65.0 Å². The smallest absolute Gasteiger partial charge is 0.135 e. The van der Waals surface area contributed by atoms with Crippen LogP contribution in [0.5, 0.6) is 0 Å². The predicted octanol–water partition coefficient (Wildman–Crippen LogP) is 14.1. The molecule has 298 valence electrons.